The number of unbranched alkanes of at least 4 members (excludes halogenated alkanes) is 3. The number of hydrogen-bond acceptors (Lipinski definition) is 2. The average molecular weight is 409 g/mol. The zero-order valence-corrected chi connectivity index (χ0v) is 18.2. The van der Waals surface area contributed by atoms with E-state index in [0.29, 0.717) is 17.6 Å². The molecule has 1 saturated heterocycles. The highest BCUT2D eigenvalue weighted by molar-refractivity contribution is 7.80. The number of thiocarbonyl (C=S) groups is 1. The first-order chi connectivity index (χ1) is 14.2. The minimum Gasteiger partial charge on any atom is -0.347 e. The fourth-order valence-electron chi connectivity index (χ4n) is 4.11. The van der Waals surface area contributed by atoms with Crippen LogP contribution in [0.4, 0.5) is 0 Å². The third kappa shape index (κ3) is 5.89. The first-order valence-corrected chi connectivity index (χ1v) is 11.3. The summed E-state index contributed by atoms with van der Waals surface area (Å²) in [4.78, 5) is 14.6. The van der Waals surface area contributed by atoms with Gasteiger partial charge in [-0.05, 0) is 48.5 Å². The summed E-state index contributed by atoms with van der Waals surface area (Å²) in [5.41, 5.74) is 2.42. The van der Waals surface area contributed by atoms with E-state index < -0.39 is 0 Å². The van der Waals surface area contributed by atoms with E-state index in [9.17, 15) is 4.79 Å². The number of rotatable bonds is 11. The molecule has 0 saturated carbocycles. The topological polar surface area (TPSA) is 32.3 Å². The molecular weight excluding hydrogens is 376 g/mol. The summed E-state index contributed by atoms with van der Waals surface area (Å²) >= 11 is 5.44. The molecule has 154 valence electrons. The van der Waals surface area contributed by atoms with E-state index in [1.165, 1.54) is 31.2 Å². The third-order valence-electron chi connectivity index (χ3n) is 5.77. The Labute approximate surface area is 180 Å². The monoisotopic (exact) mass is 408 g/mol. The van der Waals surface area contributed by atoms with Crippen LogP contribution in [-0.2, 0) is 4.79 Å². The second-order valence-electron chi connectivity index (χ2n) is 7.88. The Morgan fingerprint density at radius 1 is 0.931 bits per heavy atom. The van der Waals surface area contributed by atoms with Crippen molar-refractivity contribution in [2.45, 2.75) is 63.8 Å². The van der Waals surface area contributed by atoms with Crippen LogP contribution >= 0.6 is 12.2 Å². The van der Waals surface area contributed by atoms with E-state index in [1.807, 2.05) is 30.3 Å². The third-order valence-corrected chi connectivity index (χ3v) is 6.11. The van der Waals surface area contributed by atoms with Crippen molar-refractivity contribution < 1.29 is 4.79 Å². The first kappa shape index (κ1) is 21.5. The quantitative estimate of drug-likeness (QED) is 0.367. The Morgan fingerprint density at radius 3 is 2.21 bits per heavy atom. The van der Waals surface area contributed by atoms with E-state index in [2.05, 4.69) is 42.6 Å². The van der Waals surface area contributed by atoms with Crippen LogP contribution in [0.1, 0.15) is 75.0 Å². The Kier molecular flexibility index (Phi) is 8.24. The van der Waals surface area contributed by atoms with Gasteiger partial charge in [0.15, 0.2) is 5.11 Å². The molecule has 0 bridgehead atoms. The van der Waals surface area contributed by atoms with Crippen LogP contribution in [0.15, 0.2) is 60.7 Å². The van der Waals surface area contributed by atoms with Gasteiger partial charge in [-0.1, -0.05) is 93.3 Å². The summed E-state index contributed by atoms with van der Waals surface area (Å²) in [6, 6.07) is 20.4. The van der Waals surface area contributed by atoms with Gasteiger partial charge in [-0.3, -0.25) is 9.69 Å². The SMILES string of the molecule is CCCCCC(CCCCN1C(=O)C(c2ccccc2)NC1=S)c1ccccc1. The highest BCUT2D eigenvalue weighted by atomic mass is 32.1. The summed E-state index contributed by atoms with van der Waals surface area (Å²) in [7, 11) is 0. The standard InChI is InChI=1S/C25H32N2OS/c1-2-3-6-13-20(21-14-7-4-8-15-21)16-11-12-19-27-24(28)23(26-25(27)29)22-17-9-5-10-18-22/h4-5,7-10,14-15,17-18,20,23H,2-3,6,11-13,16,19H2,1H3,(H,26,29). The van der Waals surface area contributed by atoms with Gasteiger partial charge in [-0.25, -0.2) is 0 Å². The Morgan fingerprint density at radius 2 is 1.55 bits per heavy atom. The van der Waals surface area contributed by atoms with Crippen molar-refractivity contribution in [1.82, 2.24) is 10.2 Å². The van der Waals surface area contributed by atoms with Crippen molar-refractivity contribution >= 4 is 23.2 Å². The Bertz CT molecular complexity index is 778. The molecule has 0 aliphatic carbocycles. The van der Waals surface area contributed by atoms with Gasteiger partial charge in [0.05, 0.1) is 0 Å². The highest BCUT2D eigenvalue weighted by Gasteiger charge is 2.35. The Hall–Kier alpha value is -2.20. The van der Waals surface area contributed by atoms with Gasteiger partial charge in [0.25, 0.3) is 5.91 Å². The molecule has 0 radical (unpaired) electrons. The van der Waals surface area contributed by atoms with E-state index in [0.717, 1.165) is 24.8 Å². The lowest BCUT2D eigenvalue weighted by atomic mass is 9.89. The van der Waals surface area contributed by atoms with Gasteiger partial charge in [-0.15, -0.1) is 0 Å². The van der Waals surface area contributed by atoms with E-state index >= 15 is 0 Å². The number of carbonyl (C=O) groups excluding carboxylic acids is 1. The molecule has 1 aliphatic rings. The number of amides is 1. The molecule has 2 unspecified atom stereocenters. The number of nitrogens with one attached hydrogen (secondary N) is 1. The van der Waals surface area contributed by atoms with Crippen molar-refractivity contribution in [2.24, 2.45) is 0 Å². The summed E-state index contributed by atoms with van der Waals surface area (Å²) < 4.78 is 0. The first-order valence-electron chi connectivity index (χ1n) is 10.9. The second-order valence-corrected chi connectivity index (χ2v) is 8.27. The summed E-state index contributed by atoms with van der Waals surface area (Å²) in [6.45, 7) is 2.95. The highest BCUT2D eigenvalue weighted by Crippen LogP contribution is 2.28. The molecule has 3 nitrogen and oxygen atoms in total. The van der Waals surface area contributed by atoms with E-state index in [1.54, 1.807) is 4.90 Å². The Balaban J connectivity index is 1.50. The molecule has 0 spiro atoms. The van der Waals surface area contributed by atoms with E-state index in [4.69, 9.17) is 12.2 Å². The molecule has 29 heavy (non-hydrogen) atoms. The van der Waals surface area contributed by atoms with Gasteiger partial charge in [0, 0.05) is 6.54 Å². The van der Waals surface area contributed by atoms with Crippen molar-refractivity contribution in [3.63, 3.8) is 0 Å². The maximum atomic E-state index is 12.8. The predicted octanol–water partition coefficient (Wildman–Crippen LogP) is 5.98. The second kappa shape index (κ2) is 11.1. The van der Waals surface area contributed by atoms with Crippen LogP contribution in [0.25, 0.3) is 0 Å². The maximum absolute atomic E-state index is 12.8. The number of nitrogens with zero attached hydrogens (tertiary/aromatic N) is 1. The lowest BCUT2D eigenvalue weighted by molar-refractivity contribution is -0.127. The minimum atomic E-state index is -0.338. The van der Waals surface area contributed by atoms with Gasteiger partial charge in [0.1, 0.15) is 6.04 Å². The van der Waals surface area contributed by atoms with Gasteiger partial charge >= 0.3 is 0 Å². The molecule has 1 amide bonds. The van der Waals surface area contributed by atoms with Gasteiger partial charge < -0.3 is 5.32 Å². The largest absolute Gasteiger partial charge is 0.347 e. The molecule has 0 aromatic heterocycles. The number of hydrogen-bond donors (Lipinski definition) is 1. The summed E-state index contributed by atoms with van der Waals surface area (Å²) in [5.74, 6) is 0.683. The van der Waals surface area contributed by atoms with E-state index in [-0.39, 0.29) is 11.9 Å². The average Bonchev–Trinajstić information content (AvgIpc) is 3.05. The van der Waals surface area contributed by atoms with Crippen LogP contribution in [0, 0.1) is 0 Å². The molecule has 1 N–H and O–H groups in total. The normalized spacial score (nSPS) is 17.4. The van der Waals surface area contributed by atoms with Gasteiger partial charge in [0.2, 0.25) is 0 Å². The van der Waals surface area contributed by atoms with Crippen molar-refractivity contribution in [3.8, 4) is 0 Å². The number of benzene rings is 2. The lowest BCUT2D eigenvalue weighted by Crippen LogP contribution is -2.31. The van der Waals surface area contributed by atoms with Gasteiger partial charge in [-0.2, -0.15) is 0 Å². The summed E-state index contributed by atoms with van der Waals surface area (Å²) in [6.07, 6.45) is 8.33. The van der Waals surface area contributed by atoms with Crippen molar-refractivity contribution in [3.05, 3.63) is 71.8 Å². The molecule has 1 fully saturated rings. The molecule has 1 aliphatic heterocycles. The van der Waals surface area contributed by atoms with Crippen LogP contribution in [0.5, 0.6) is 0 Å². The maximum Gasteiger partial charge on any atom is 0.255 e. The number of carbonyl (C=O) groups is 1. The van der Waals surface area contributed by atoms with Crippen LogP contribution in [-0.4, -0.2) is 22.5 Å². The van der Waals surface area contributed by atoms with Crippen molar-refractivity contribution in [1.29, 1.82) is 0 Å². The zero-order chi connectivity index (χ0) is 20.5. The lowest BCUT2D eigenvalue weighted by Gasteiger charge is -2.19. The molecular formula is C25H32N2OS. The van der Waals surface area contributed by atoms with Crippen LogP contribution < -0.4 is 5.32 Å². The molecule has 4 heteroatoms. The zero-order valence-electron chi connectivity index (χ0n) is 17.3. The predicted molar refractivity (Wildman–Crippen MR) is 124 cm³/mol. The molecule has 3 rings (SSSR count). The molecule has 1 heterocycles. The fourth-order valence-corrected chi connectivity index (χ4v) is 4.41. The minimum absolute atomic E-state index is 0.0729. The molecule has 2 aromatic rings. The van der Waals surface area contributed by atoms with Crippen LogP contribution in [0.2, 0.25) is 0 Å². The van der Waals surface area contributed by atoms with Crippen LogP contribution in [0.3, 0.4) is 0 Å². The molecule has 2 atom stereocenters. The van der Waals surface area contributed by atoms with Crippen molar-refractivity contribution in [2.75, 3.05) is 6.54 Å². The fraction of sp³-hybridized carbons (Fsp3) is 0.440. The molecule has 2 aromatic carbocycles. The smallest absolute Gasteiger partial charge is 0.255 e. The summed E-state index contributed by atoms with van der Waals surface area (Å²) in [5, 5.41) is 3.75.